The fourth-order valence-corrected chi connectivity index (χ4v) is 0.517. The van der Waals surface area contributed by atoms with Crippen molar-refractivity contribution in [1.29, 1.82) is 0 Å². The molecule has 0 aliphatic carbocycles. The Morgan fingerprint density at radius 1 is 1.55 bits per heavy atom. The molecular weight excluding hydrogens is 144 g/mol. The van der Waals surface area contributed by atoms with Crippen LogP contribution in [-0.4, -0.2) is 23.3 Å². The standard InChI is InChI=1S/C8H16O3/c1-4-8(2,3)11-6-5-7(9)10/h4-6H2,1-3H3,(H,9,10). The maximum absolute atomic E-state index is 10.1. The summed E-state index contributed by atoms with van der Waals surface area (Å²) in [7, 11) is 0. The summed E-state index contributed by atoms with van der Waals surface area (Å²) in [5, 5.41) is 8.30. The van der Waals surface area contributed by atoms with Gasteiger partial charge in [-0.05, 0) is 20.3 Å². The number of hydrogen-bond donors (Lipinski definition) is 1. The van der Waals surface area contributed by atoms with E-state index in [2.05, 4.69) is 0 Å². The van der Waals surface area contributed by atoms with Crippen LogP contribution in [0.4, 0.5) is 0 Å². The molecule has 0 atom stereocenters. The smallest absolute Gasteiger partial charge is 0.305 e. The van der Waals surface area contributed by atoms with E-state index < -0.39 is 5.97 Å². The third-order valence-electron chi connectivity index (χ3n) is 1.66. The summed E-state index contributed by atoms with van der Waals surface area (Å²) < 4.78 is 5.31. The lowest BCUT2D eigenvalue weighted by Crippen LogP contribution is -2.24. The molecule has 66 valence electrons. The molecule has 11 heavy (non-hydrogen) atoms. The summed E-state index contributed by atoms with van der Waals surface area (Å²) in [4.78, 5) is 10.1. The maximum atomic E-state index is 10.1. The fraction of sp³-hybridized carbons (Fsp3) is 0.875. The van der Waals surface area contributed by atoms with Gasteiger partial charge in [0.05, 0.1) is 18.6 Å². The summed E-state index contributed by atoms with van der Waals surface area (Å²) in [5.41, 5.74) is -0.185. The number of aliphatic carboxylic acids is 1. The highest BCUT2D eigenvalue weighted by atomic mass is 16.5. The largest absolute Gasteiger partial charge is 0.481 e. The molecule has 0 unspecified atom stereocenters. The summed E-state index contributed by atoms with van der Waals surface area (Å²) in [6, 6.07) is 0. The number of ether oxygens (including phenoxy) is 1. The maximum Gasteiger partial charge on any atom is 0.305 e. The van der Waals surface area contributed by atoms with E-state index in [1.165, 1.54) is 0 Å². The molecule has 3 nitrogen and oxygen atoms in total. The van der Waals surface area contributed by atoms with Gasteiger partial charge in [0, 0.05) is 0 Å². The predicted octanol–water partition coefficient (Wildman–Crippen LogP) is 1.67. The fourth-order valence-electron chi connectivity index (χ4n) is 0.517. The molecule has 0 fully saturated rings. The summed E-state index contributed by atoms with van der Waals surface area (Å²) in [6.45, 7) is 6.22. The topological polar surface area (TPSA) is 46.5 Å². The van der Waals surface area contributed by atoms with Gasteiger partial charge in [-0.1, -0.05) is 6.92 Å². The van der Waals surface area contributed by atoms with E-state index in [1.54, 1.807) is 0 Å². The van der Waals surface area contributed by atoms with Crippen molar-refractivity contribution in [1.82, 2.24) is 0 Å². The van der Waals surface area contributed by atoms with Crippen LogP contribution in [0.2, 0.25) is 0 Å². The zero-order chi connectivity index (χ0) is 8.91. The van der Waals surface area contributed by atoms with Gasteiger partial charge in [-0.15, -0.1) is 0 Å². The molecule has 0 saturated carbocycles. The van der Waals surface area contributed by atoms with E-state index in [1.807, 2.05) is 20.8 Å². The molecule has 0 aromatic rings. The number of carboxylic acids is 1. The number of carboxylic acid groups (broad SMARTS) is 1. The molecule has 0 heterocycles. The summed E-state index contributed by atoms with van der Waals surface area (Å²) in [6.07, 6.45) is 0.982. The van der Waals surface area contributed by atoms with E-state index in [-0.39, 0.29) is 12.0 Å². The Labute approximate surface area is 67.4 Å². The second kappa shape index (κ2) is 4.34. The van der Waals surface area contributed by atoms with E-state index >= 15 is 0 Å². The summed E-state index contributed by atoms with van der Waals surface area (Å²) in [5.74, 6) is -0.808. The van der Waals surface area contributed by atoms with Crippen molar-refractivity contribution < 1.29 is 14.6 Å². The molecule has 1 N–H and O–H groups in total. The lowest BCUT2D eigenvalue weighted by Gasteiger charge is -2.22. The normalized spacial score (nSPS) is 11.5. The Balaban J connectivity index is 3.45. The van der Waals surface area contributed by atoms with Gasteiger partial charge in [0.2, 0.25) is 0 Å². The molecule has 0 rings (SSSR count). The molecule has 0 saturated heterocycles. The highest BCUT2D eigenvalue weighted by molar-refractivity contribution is 5.66. The van der Waals surface area contributed by atoms with Crippen molar-refractivity contribution in [3.8, 4) is 0 Å². The van der Waals surface area contributed by atoms with Crippen molar-refractivity contribution in [3.05, 3.63) is 0 Å². The Morgan fingerprint density at radius 2 is 2.09 bits per heavy atom. The average molecular weight is 160 g/mol. The van der Waals surface area contributed by atoms with Gasteiger partial charge < -0.3 is 9.84 Å². The third kappa shape index (κ3) is 5.85. The van der Waals surface area contributed by atoms with E-state index in [0.29, 0.717) is 6.61 Å². The minimum atomic E-state index is -0.808. The molecule has 0 radical (unpaired) electrons. The zero-order valence-electron chi connectivity index (χ0n) is 7.39. The molecule has 0 aromatic heterocycles. The van der Waals surface area contributed by atoms with Crippen LogP contribution in [0.1, 0.15) is 33.6 Å². The quantitative estimate of drug-likeness (QED) is 0.665. The van der Waals surface area contributed by atoms with Gasteiger partial charge in [0.1, 0.15) is 0 Å². The second-order valence-corrected chi connectivity index (χ2v) is 3.11. The molecule has 0 amide bonds. The molecule has 0 spiro atoms. The van der Waals surface area contributed by atoms with E-state index in [4.69, 9.17) is 9.84 Å². The molecule has 0 aromatic carbocycles. The third-order valence-corrected chi connectivity index (χ3v) is 1.66. The molecular formula is C8H16O3. The van der Waals surface area contributed by atoms with Gasteiger partial charge in [0.25, 0.3) is 0 Å². The lowest BCUT2D eigenvalue weighted by atomic mass is 10.1. The predicted molar refractivity (Wildman–Crippen MR) is 42.6 cm³/mol. The Bertz CT molecular complexity index is 129. The van der Waals surface area contributed by atoms with E-state index in [0.717, 1.165) is 6.42 Å². The van der Waals surface area contributed by atoms with E-state index in [9.17, 15) is 4.79 Å². The van der Waals surface area contributed by atoms with Crippen LogP contribution >= 0.6 is 0 Å². The highest BCUT2D eigenvalue weighted by Crippen LogP contribution is 2.13. The van der Waals surface area contributed by atoms with Crippen LogP contribution in [0, 0.1) is 0 Å². The Kier molecular flexibility index (Phi) is 4.11. The van der Waals surface area contributed by atoms with Crippen molar-refractivity contribution in [2.24, 2.45) is 0 Å². The van der Waals surface area contributed by atoms with Crippen molar-refractivity contribution in [3.63, 3.8) is 0 Å². The molecule has 0 aliphatic rings. The van der Waals surface area contributed by atoms with Crippen molar-refractivity contribution in [2.45, 2.75) is 39.2 Å². The average Bonchev–Trinajstić information content (AvgIpc) is 1.87. The van der Waals surface area contributed by atoms with Crippen LogP contribution in [0.5, 0.6) is 0 Å². The first-order valence-electron chi connectivity index (χ1n) is 3.83. The number of rotatable bonds is 5. The highest BCUT2D eigenvalue weighted by Gasteiger charge is 2.14. The van der Waals surface area contributed by atoms with Gasteiger partial charge in [-0.25, -0.2) is 0 Å². The first kappa shape index (κ1) is 10.4. The van der Waals surface area contributed by atoms with Crippen molar-refractivity contribution >= 4 is 5.97 Å². The Hall–Kier alpha value is -0.570. The van der Waals surface area contributed by atoms with Crippen LogP contribution < -0.4 is 0 Å². The van der Waals surface area contributed by atoms with Crippen LogP contribution in [0.25, 0.3) is 0 Å². The van der Waals surface area contributed by atoms with Crippen LogP contribution in [0.15, 0.2) is 0 Å². The first-order chi connectivity index (χ1) is 4.98. The molecule has 3 heteroatoms. The minimum absolute atomic E-state index is 0.0867. The monoisotopic (exact) mass is 160 g/mol. The van der Waals surface area contributed by atoms with Gasteiger partial charge in [-0.2, -0.15) is 0 Å². The lowest BCUT2D eigenvalue weighted by molar-refractivity contribution is -0.139. The number of carbonyl (C=O) groups is 1. The SMILES string of the molecule is CCC(C)(C)OCCC(=O)O. The summed E-state index contributed by atoms with van der Waals surface area (Å²) >= 11 is 0. The second-order valence-electron chi connectivity index (χ2n) is 3.11. The Morgan fingerprint density at radius 3 is 2.45 bits per heavy atom. The molecule has 0 aliphatic heterocycles. The van der Waals surface area contributed by atoms with Gasteiger partial charge in [-0.3, -0.25) is 4.79 Å². The van der Waals surface area contributed by atoms with Gasteiger partial charge >= 0.3 is 5.97 Å². The minimum Gasteiger partial charge on any atom is -0.481 e. The molecule has 0 bridgehead atoms. The van der Waals surface area contributed by atoms with Crippen LogP contribution in [0.3, 0.4) is 0 Å². The number of hydrogen-bond acceptors (Lipinski definition) is 2. The zero-order valence-corrected chi connectivity index (χ0v) is 7.39. The van der Waals surface area contributed by atoms with Crippen LogP contribution in [-0.2, 0) is 9.53 Å². The van der Waals surface area contributed by atoms with Gasteiger partial charge in [0.15, 0.2) is 0 Å². The van der Waals surface area contributed by atoms with Crippen molar-refractivity contribution in [2.75, 3.05) is 6.61 Å². The first-order valence-corrected chi connectivity index (χ1v) is 3.83.